The molecule has 0 radical (unpaired) electrons. The molecule has 14 heavy (non-hydrogen) atoms. The number of quaternary nitrogens is 1. The van der Waals surface area contributed by atoms with E-state index in [0.717, 1.165) is 10.8 Å². The van der Waals surface area contributed by atoms with Crippen LogP contribution in [0.4, 0.5) is 5.69 Å². The lowest BCUT2D eigenvalue weighted by molar-refractivity contribution is -0.750. The minimum Gasteiger partial charge on any atom is -0.629 e. The average molecular weight is 189 g/mol. The van der Waals surface area contributed by atoms with Gasteiger partial charge in [0.2, 0.25) is 0 Å². The number of benzene rings is 2. The van der Waals surface area contributed by atoms with Gasteiger partial charge in [-0.3, -0.25) is 0 Å². The third-order valence-electron chi connectivity index (χ3n) is 2.28. The zero-order valence-corrected chi connectivity index (χ0v) is 7.82. The molecule has 2 aromatic rings. The molecule has 3 nitrogen and oxygen atoms in total. The van der Waals surface area contributed by atoms with Crippen molar-refractivity contribution in [3.63, 3.8) is 0 Å². The number of hydroxylamine groups is 1. The molecule has 0 aliphatic carbocycles. The molecule has 2 rings (SSSR count). The van der Waals surface area contributed by atoms with Crippen LogP contribution in [-0.2, 0) is 0 Å². The number of hydrogen-bond acceptors (Lipinski definition) is 2. The van der Waals surface area contributed by atoms with Crippen LogP contribution in [0.1, 0.15) is 0 Å². The first-order valence-electron chi connectivity index (χ1n) is 4.42. The standard InChI is InChI=1S/C11H11NO2/c1-12(14)10-6-7-11(13)9-5-3-2-4-8(9)10/h2-7,12-13H,1H3. The lowest BCUT2D eigenvalue weighted by atomic mass is 10.1. The number of aromatic hydroxyl groups is 1. The highest BCUT2D eigenvalue weighted by Crippen LogP contribution is 2.28. The van der Waals surface area contributed by atoms with Crippen molar-refractivity contribution in [3.05, 3.63) is 41.6 Å². The molecule has 0 saturated carbocycles. The number of fused-ring (bicyclic) bond motifs is 1. The molecule has 0 spiro atoms. The van der Waals surface area contributed by atoms with Gasteiger partial charge in [0.15, 0.2) is 0 Å². The summed E-state index contributed by atoms with van der Waals surface area (Å²) >= 11 is 0. The third-order valence-corrected chi connectivity index (χ3v) is 2.28. The number of hydrogen-bond donors (Lipinski definition) is 2. The maximum absolute atomic E-state index is 11.3. The maximum atomic E-state index is 11.3. The van der Waals surface area contributed by atoms with Crippen molar-refractivity contribution in [1.82, 2.24) is 0 Å². The molecule has 2 aromatic carbocycles. The average Bonchev–Trinajstić information content (AvgIpc) is 2.18. The second-order valence-electron chi connectivity index (χ2n) is 3.23. The fourth-order valence-corrected chi connectivity index (χ4v) is 1.59. The van der Waals surface area contributed by atoms with Gasteiger partial charge in [-0.15, -0.1) is 0 Å². The normalized spacial score (nSPS) is 13.0. The minimum atomic E-state index is 0.0150. The minimum absolute atomic E-state index is 0.0150. The molecule has 0 heterocycles. The van der Waals surface area contributed by atoms with Crippen LogP contribution in [0.5, 0.6) is 5.75 Å². The van der Waals surface area contributed by atoms with Crippen LogP contribution in [0.3, 0.4) is 0 Å². The van der Waals surface area contributed by atoms with E-state index in [0.29, 0.717) is 5.69 Å². The maximum Gasteiger partial charge on any atom is 0.139 e. The van der Waals surface area contributed by atoms with E-state index in [4.69, 9.17) is 0 Å². The molecule has 2 N–H and O–H groups in total. The van der Waals surface area contributed by atoms with Gasteiger partial charge in [-0.1, -0.05) is 18.2 Å². The van der Waals surface area contributed by atoms with Crippen molar-refractivity contribution in [2.24, 2.45) is 0 Å². The van der Waals surface area contributed by atoms with E-state index in [1.807, 2.05) is 18.2 Å². The highest BCUT2D eigenvalue weighted by atomic mass is 16.5. The molecule has 72 valence electrons. The first-order valence-corrected chi connectivity index (χ1v) is 4.42. The molecule has 0 aliphatic rings. The first kappa shape index (κ1) is 8.99. The van der Waals surface area contributed by atoms with Crippen LogP contribution in [0.2, 0.25) is 0 Å². The number of nitrogens with one attached hydrogen (secondary N) is 1. The highest BCUT2D eigenvalue weighted by molar-refractivity contribution is 5.94. The molecular formula is C11H11NO2. The van der Waals surface area contributed by atoms with Gasteiger partial charge < -0.3 is 15.4 Å². The Morgan fingerprint density at radius 1 is 1.07 bits per heavy atom. The predicted molar refractivity (Wildman–Crippen MR) is 55.5 cm³/mol. The fraction of sp³-hybridized carbons (Fsp3) is 0.0909. The van der Waals surface area contributed by atoms with E-state index in [2.05, 4.69) is 0 Å². The summed E-state index contributed by atoms with van der Waals surface area (Å²) in [5.41, 5.74) is 0.651. The molecule has 0 aromatic heterocycles. The molecule has 0 amide bonds. The summed E-state index contributed by atoms with van der Waals surface area (Å²) in [6.07, 6.45) is 0. The smallest absolute Gasteiger partial charge is 0.139 e. The lowest BCUT2D eigenvalue weighted by Crippen LogP contribution is -2.98. The number of phenols is 1. The Morgan fingerprint density at radius 2 is 1.71 bits per heavy atom. The Morgan fingerprint density at radius 3 is 2.36 bits per heavy atom. The van der Waals surface area contributed by atoms with E-state index in [1.54, 1.807) is 18.2 Å². The first-order chi connectivity index (χ1) is 6.70. The van der Waals surface area contributed by atoms with Crippen molar-refractivity contribution < 1.29 is 10.2 Å². The van der Waals surface area contributed by atoms with Crippen LogP contribution < -0.4 is 5.06 Å². The van der Waals surface area contributed by atoms with Gasteiger partial charge in [-0.25, -0.2) is 0 Å². The largest absolute Gasteiger partial charge is 0.629 e. The van der Waals surface area contributed by atoms with E-state index in [-0.39, 0.29) is 10.8 Å². The quantitative estimate of drug-likeness (QED) is 0.523. The highest BCUT2D eigenvalue weighted by Gasteiger charge is 2.07. The summed E-state index contributed by atoms with van der Waals surface area (Å²) in [7, 11) is 1.53. The van der Waals surface area contributed by atoms with E-state index >= 15 is 0 Å². The van der Waals surface area contributed by atoms with Crippen LogP contribution in [0.15, 0.2) is 36.4 Å². The van der Waals surface area contributed by atoms with Gasteiger partial charge in [-0.2, -0.15) is 0 Å². The van der Waals surface area contributed by atoms with E-state index in [1.165, 1.54) is 7.05 Å². The zero-order valence-electron chi connectivity index (χ0n) is 7.82. The van der Waals surface area contributed by atoms with Crippen molar-refractivity contribution in [1.29, 1.82) is 0 Å². The summed E-state index contributed by atoms with van der Waals surface area (Å²) in [5, 5.41) is 22.4. The zero-order chi connectivity index (χ0) is 10.1. The van der Waals surface area contributed by atoms with Gasteiger partial charge in [0.1, 0.15) is 11.4 Å². The Bertz CT molecular complexity index is 466. The van der Waals surface area contributed by atoms with Gasteiger partial charge >= 0.3 is 0 Å². The van der Waals surface area contributed by atoms with Crippen molar-refractivity contribution in [2.45, 2.75) is 0 Å². The summed E-state index contributed by atoms with van der Waals surface area (Å²) in [6, 6.07) is 10.5. The second-order valence-corrected chi connectivity index (χ2v) is 3.23. The topological polar surface area (TPSA) is 47.7 Å². The summed E-state index contributed by atoms with van der Waals surface area (Å²) in [4.78, 5) is 0. The Hall–Kier alpha value is -1.58. The Balaban J connectivity index is 2.82. The van der Waals surface area contributed by atoms with Crippen LogP contribution in [0.25, 0.3) is 10.8 Å². The summed E-state index contributed by atoms with van der Waals surface area (Å²) in [6.45, 7) is 0. The van der Waals surface area contributed by atoms with Gasteiger partial charge in [0.25, 0.3) is 0 Å². The van der Waals surface area contributed by atoms with Crippen molar-refractivity contribution >= 4 is 16.5 Å². The third kappa shape index (κ3) is 1.32. The lowest BCUT2D eigenvalue weighted by Gasteiger charge is -2.17. The number of rotatable bonds is 1. The van der Waals surface area contributed by atoms with E-state index < -0.39 is 0 Å². The second kappa shape index (κ2) is 3.29. The van der Waals surface area contributed by atoms with Gasteiger partial charge in [-0.05, 0) is 12.1 Å². The van der Waals surface area contributed by atoms with Crippen LogP contribution in [0, 0.1) is 5.21 Å². The fourth-order valence-electron chi connectivity index (χ4n) is 1.59. The summed E-state index contributed by atoms with van der Waals surface area (Å²) < 4.78 is 0. The predicted octanol–water partition coefficient (Wildman–Crippen LogP) is 1.19. The van der Waals surface area contributed by atoms with Crippen molar-refractivity contribution in [3.8, 4) is 5.75 Å². The molecule has 3 heteroatoms. The Labute approximate surface area is 81.8 Å². The van der Waals surface area contributed by atoms with E-state index in [9.17, 15) is 10.3 Å². The van der Waals surface area contributed by atoms with Crippen molar-refractivity contribution in [2.75, 3.05) is 7.05 Å². The number of phenolic OH excluding ortho intramolecular Hbond substituents is 1. The van der Waals surface area contributed by atoms with Gasteiger partial charge in [0, 0.05) is 16.8 Å². The molecule has 1 unspecified atom stereocenters. The van der Waals surface area contributed by atoms with Crippen LogP contribution in [-0.4, -0.2) is 12.2 Å². The monoisotopic (exact) mass is 189 g/mol. The SMILES string of the molecule is C[NH+]([O-])c1ccc(O)c2ccccc12. The summed E-state index contributed by atoms with van der Waals surface area (Å²) in [5.74, 6) is 0.214. The molecule has 0 saturated heterocycles. The van der Waals surface area contributed by atoms with Crippen LogP contribution >= 0.6 is 0 Å². The Kier molecular flexibility index (Phi) is 2.11. The molecule has 0 fully saturated rings. The van der Waals surface area contributed by atoms with Gasteiger partial charge in [0.05, 0.1) is 7.05 Å². The molecule has 0 bridgehead atoms. The molecule has 0 aliphatic heterocycles. The molecule has 1 atom stereocenters. The molecular weight excluding hydrogens is 178 g/mol.